The van der Waals surface area contributed by atoms with E-state index < -0.39 is 0 Å². The van der Waals surface area contributed by atoms with E-state index in [1.54, 1.807) is 16.2 Å². The first-order valence-corrected chi connectivity index (χ1v) is 8.54. The summed E-state index contributed by atoms with van der Waals surface area (Å²) in [6, 6.07) is 7.85. The Bertz CT molecular complexity index is 982. The summed E-state index contributed by atoms with van der Waals surface area (Å²) in [6.07, 6.45) is 0. The van der Waals surface area contributed by atoms with Gasteiger partial charge in [-0.3, -0.25) is 4.90 Å². The quantitative estimate of drug-likeness (QED) is 0.716. The van der Waals surface area contributed by atoms with Crippen molar-refractivity contribution in [2.24, 2.45) is 0 Å². The molecule has 0 bridgehead atoms. The highest BCUT2D eigenvalue weighted by molar-refractivity contribution is 5.84. The van der Waals surface area contributed by atoms with Crippen LogP contribution in [0.4, 0.5) is 0 Å². The molecule has 3 heterocycles. The molecule has 132 valence electrons. The summed E-state index contributed by atoms with van der Waals surface area (Å²) in [6.45, 7) is 6.45. The molecule has 0 spiro atoms. The van der Waals surface area contributed by atoms with Gasteiger partial charge in [0.2, 0.25) is 0 Å². The van der Waals surface area contributed by atoms with Crippen LogP contribution in [0, 0.1) is 6.92 Å². The number of aromatic nitrogens is 3. The Morgan fingerprint density at radius 1 is 1.16 bits per heavy atom. The fourth-order valence-corrected chi connectivity index (χ4v) is 3.42. The van der Waals surface area contributed by atoms with E-state index in [2.05, 4.69) is 28.0 Å². The molecule has 1 aromatic carbocycles. The molecule has 7 nitrogen and oxygen atoms in total. The van der Waals surface area contributed by atoms with Crippen molar-refractivity contribution in [3.05, 3.63) is 40.3 Å². The van der Waals surface area contributed by atoms with Crippen LogP contribution >= 0.6 is 0 Å². The van der Waals surface area contributed by atoms with Crippen molar-refractivity contribution in [3.63, 3.8) is 0 Å². The normalized spacial score (nSPS) is 16.8. The standard InChI is InChI=1S/C18H23N5O2/c1-13-10-14-4-5-15(25-3)11-16(14)23-17(13)19-22(18(23)24)12-21-8-6-20(2)7-9-21/h4-5,10-11H,6-9,12H2,1-3H3. The van der Waals surface area contributed by atoms with Crippen molar-refractivity contribution < 1.29 is 4.74 Å². The maximum absolute atomic E-state index is 13.0. The first-order valence-electron chi connectivity index (χ1n) is 8.54. The van der Waals surface area contributed by atoms with Crippen molar-refractivity contribution in [2.75, 3.05) is 40.3 Å². The van der Waals surface area contributed by atoms with Gasteiger partial charge in [0.1, 0.15) is 5.75 Å². The number of piperazine rings is 1. The molecule has 1 aliphatic rings. The smallest absolute Gasteiger partial charge is 0.352 e. The van der Waals surface area contributed by atoms with Crippen LogP contribution in [0.3, 0.4) is 0 Å². The number of hydrogen-bond donors (Lipinski definition) is 0. The van der Waals surface area contributed by atoms with Crippen molar-refractivity contribution >= 4 is 16.6 Å². The number of aryl methyl sites for hydroxylation is 1. The van der Waals surface area contributed by atoms with Gasteiger partial charge in [-0.1, -0.05) is 0 Å². The van der Waals surface area contributed by atoms with E-state index in [1.165, 1.54) is 0 Å². The first kappa shape index (κ1) is 16.1. The minimum Gasteiger partial charge on any atom is -0.497 e. The molecule has 4 rings (SSSR count). The highest BCUT2D eigenvalue weighted by atomic mass is 16.5. The molecular formula is C18H23N5O2. The van der Waals surface area contributed by atoms with Crippen LogP contribution < -0.4 is 10.4 Å². The summed E-state index contributed by atoms with van der Waals surface area (Å²) in [5.41, 5.74) is 2.43. The Balaban J connectivity index is 1.82. The van der Waals surface area contributed by atoms with Gasteiger partial charge >= 0.3 is 5.69 Å². The number of hydrogen-bond acceptors (Lipinski definition) is 5. The van der Waals surface area contributed by atoms with Crippen LogP contribution in [0.15, 0.2) is 29.1 Å². The van der Waals surface area contributed by atoms with Crippen LogP contribution in [0.2, 0.25) is 0 Å². The average Bonchev–Trinajstić information content (AvgIpc) is 2.94. The number of likely N-dealkylation sites (N-methyl/N-ethyl adjacent to an activating group) is 1. The maximum Gasteiger partial charge on any atom is 0.352 e. The molecule has 3 aromatic rings. The van der Waals surface area contributed by atoms with E-state index in [9.17, 15) is 4.79 Å². The third-order valence-electron chi connectivity index (χ3n) is 4.97. The number of benzene rings is 1. The third-order valence-corrected chi connectivity index (χ3v) is 4.97. The van der Waals surface area contributed by atoms with Crippen LogP contribution in [-0.4, -0.2) is 64.3 Å². The van der Waals surface area contributed by atoms with Gasteiger partial charge in [-0.2, -0.15) is 4.68 Å². The Morgan fingerprint density at radius 3 is 2.64 bits per heavy atom. The van der Waals surface area contributed by atoms with E-state index in [1.807, 2.05) is 25.1 Å². The van der Waals surface area contributed by atoms with Crippen molar-refractivity contribution in [3.8, 4) is 5.75 Å². The Labute approximate surface area is 146 Å². The topological polar surface area (TPSA) is 55.0 Å². The number of rotatable bonds is 3. The van der Waals surface area contributed by atoms with Gasteiger partial charge in [0.15, 0.2) is 5.65 Å². The SMILES string of the molecule is COc1ccc2cc(C)c3nn(CN4CCN(C)CC4)c(=O)n3c2c1. The zero-order valence-electron chi connectivity index (χ0n) is 14.9. The molecule has 1 fully saturated rings. The molecular weight excluding hydrogens is 318 g/mol. The fourth-order valence-electron chi connectivity index (χ4n) is 3.42. The molecule has 0 aliphatic carbocycles. The van der Waals surface area contributed by atoms with Gasteiger partial charge in [-0.05, 0) is 43.1 Å². The second kappa shape index (κ2) is 6.16. The lowest BCUT2D eigenvalue weighted by atomic mass is 10.1. The van der Waals surface area contributed by atoms with Crippen molar-refractivity contribution in [1.82, 2.24) is 24.0 Å². The van der Waals surface area contributed by atoms with Crippen LogP contribution in [0.5, 0.6) is 5.75 Å². The highest BCUT2D eigenvalue weighted by Gasteiger charge is 2.18. The molecule has 1 saturated heterocycles. The summed E-state index contributed by atoms with van der Waals surface area (Å²) in [4.78, 5) is 17.6. The summed E-state index contributed by atoms with van der Waals surface area (Å²) in [5, 5.41) is 5.61. The second-order valence-corrected chi connectivity index (χ2v) is 6.76. The molecule has 0 radical (unpaired) electrons. The van der Waals surface area contributed by atoms with Gasteiger partial charge in [0.05, 0.1) is 19.3 Å². The first-order chi connectivity index (χ1) is 12.1. The largest absolute Gasteiger partial charge is 0.497 e. The van der Waals surface area contributed by atoms with E-state index in [0.29, 0.717) is 12.3 Å². The van der Waals surface area contributed by atoms with E-state index >= 15 is 0 Å². The molecule has 0 atom stereocenters. The molecule has 25 heavy (non-hydrogen) atoms. The number of nitrogens with zero attached hydrogens (tertiary/aromatic N) is 5. The Morgan fingerprint density at radius 2 is 1.92 bits per heavy atom. The molecule has 2 aromatic heterocycles. The number of fused-ring (bicyclic) bond motifs is 3. The second-order valence-electron chi connectivity index (χ2n) is 6.76. The predicted molar refractivity (Wildman–Crippen MR) is 97.3 cm³/mol. The molecule has 0 N–H and O–H groups in total. The van der Waals surface area contributed by atoms with Gasteiger partial charge < -0.3 is 9.64 Å². The summed E-state index contributed by atoms with van der Waals surface area (Å²) >= 11 is 0. The van der Waals surface area contributed by atoms with E-state index in [-0.39, 0.29) is 5.69 Å². The Kier molecular flexibility index (Phi) is 3.97. The lowest BCUT2D eigenvalue weighted by Gasteiger charge is -2.31. The molecule has 1 aliphatic heterocycles. The zero-order chi connectivity index (χ0) is 17.6. The molecule has 7 heteroatoms. The highest BCUT2D eigenvalue weighted by Crippen LogP contribution is 2.23. The van der Waals surface area contributed by atoms with Gasteiger partial charge in [-0.25, -0.2) is 9.20 Å². The fraction of sp³-hybridized carbons (Fsp3) is 0.444. The van der Waals surface area contributed by atoms with E-state index in [4.69, 9.17) is 4.74 Å². The van der Waals surface area contributed by atoms with E-state index in [0.717, 1.165) is 48.4 Å². The van der Waals surface area contributed by atoms with Gasteiger partial charge in [0, 0.05) is 32.2 Å². The number of methoxy groups -OCH3 is 1. The molecule has 0 unspecified atom stereocenters. The molecule has 0 amide bonds. The third kappa shape index (κ3) is 2.79. The minimum atomic E-state index is -0.101. The van der Waals surface area contributed by atoms with Crippen molar-refractivity contribution in [2.45, 2.75) is 13.6 Å². The lowest BCUT2D eigenvalue weighted by molar-refractivity contribution is 0.118. The number of pyridine rings is 1. The summed E-state index contributed by atoms with van der Waals surface area (Å²) in [7, 11) is 3.75. The van der Waals surface area contributed by atoms with Crippen LogP contribution in [0.1, 0.15) is 5.56 Å². The van der Waals surface area contributed by atoms with Gasteiger partial charge in [-0.15, -0.1) is 5.10 Å². The van der Waals surface area contributed by atoms with Crippen LogP contribution in [-0.2, 0) is 6.67 Å². The monoisotopic (exact) mass is 341 g/mol. The Hall–Kier alpha value is -2.38. The predicted octanol–water partition coefficient (Wildman–Crippen LogP) is 1.17. The minimum absolute atomic E-state index is 0.101. The van der Waals surface area contributed by atoms with Crippen LogP contribution in [0.25, 0.3) is 16.6 Å². The average molecular weight is 341 g/mol. The van der Waals surface area contributed by atoms with Crippen molar-refractivity contribution in [1.29, 1.82) is 0 Å². The maximum atomic E-state index is 13.0. The van der Waals surface area contributed by atoms with Gasteiger partial charge in [0.25, 0.3) is 0 Å². The summed E-state index contributed by atoms with van der Waals surface area (Å²) in [5.74, 6) is 0.733. The molecule has 0 saturated carbocycles. The lowest BCUT2D eigenvalue weighted by Crippen LogP contribution is -2.46. The zero-order valence-corrected chi connectivity index (χ0v) is 14.9. The number of ether oxygens (including phenoxy) is 1. The summed E-state index contributed by atoms with van der Waals surface area (Å²) < 4.78 is 8.60.